The van der Waals surface area contributed by atoms with Crippen LogP contribution in [0, 0.1) is 5.82 Å². The minimum Gasteiger partial charge on any atom is -0.479 e. The largest absolute Gasteiger partial charge is 0.479 e. The Bertz CT molecular complexity index is 405. The summed E-state index contributed by atoms with van der Waals surface area (Å²) in [7, 11) is 1.51. The van der Waals surface area contributed by atoms with E-state index in [1.54, 1.807) is 4.68 Å². The van der Waals surface area contributed by atoms with E-state index >= 15 is 0 Å². The van der Waals surface area contributed by atoms with Gasteiger partial charge in [-0.2, -0.15) is 9.49 Å². The minimum absolute atomic E-state index is 0.155. The number of ether oxygens (including phenoxy) is 1. The number of methoxy groups -OCH3 is 1. The number of aromatic nitrogens is 2. The molecule has 0 bridgehead atoms. The molecule has 0 N–H and O–H groups in total. The highest BCUT2D eigenvalue weighted by Crippen LogP contribution is 2.34. The topological polar surface area (TPSA) is 27.1 Å². The molecule has 0 radical (unpaired) electrons. The number of hydrogen-bond acceptors (Lipinski definition) is 2. The number of hydrogen-bond donors (Lipinski definition) is 0. The smallest absolute Gasteiger partial charge is 0.249 e. The maximum Gasteiger partial charge on any atom is 0.249 e. The molecule has 122 valence electrons. The van der Waals surface area contributed by atoms with Gasteiger partial charge >= 0.3 is 0 Å². The van der Waals surface area contributed by atoms with E-state index in [1.165, 1.54) is 39.0 Å². The average Bonchev–Trinajstić information content (AvgIpc) is 2.86. The first kappa shape index (κ1) is 18.0. The van der Waals surface area contributed by atoms with Gasteiger partial charge in [0.2, 0.25) is 11.7 Å². The molecule has 0 aromatic carbocycles. The van der Waals surface area contributed by atoms with Crippen LogP contribution in [0.15, 0.2) is 6.20 Å². The molecular weight excluding hydrogens is 267 g/mol. The average molecular weight is 298 g/mol. The maximum absolute atomic E-state index is 13.7. The molecule has 1 heterocycles. The molecule has 21 heavy (non-hydrogen) atoms. The van der Waals surface area contributed by atoms with Crippen LogP contribution in [0.1, 0.15) is 78.6 Å². The SMILES string of the molecule is CCCCCCCC(C)(CCCC)n1ncc(F)c1OC. The van der Waals surface area contributed by atoms with E-state index in [1.807, 2.05) is 0 Å². The van der Waals surface area contributed by atoms with E-state index in [-0.39, 0.29) is 17.2 Å². The summed E-state index contributed by atoms with van der Waals surface area (Å²) in [5, 5.41) is 4.24. The summed E-state index contributed by atoms with van der Waals surface area (Å²) < 4.78 is 20.7. The van der Waals surface area contributed by atoms with Crippen LogP contribution in [0.2, 0.25) is 0 Å². The first-order valence-electron chi connectivity index (χ1n) is 8.37. The third kappa shape index (κ3) is 5.01. The molecule has 1 unspecified atom stereocenters. The van der Waals surface area contributed by atoms with Crippen molar-refractivity contribution in [1.82, 2.24) is 9.78 Å². The summed E-state index contributed by atoms with van der Waals surface area (Å²) in [5.74, 6) is -0.103. The van der Waals surface area contributed by atoms with Gasteiger partial charge in [-0.05, 0) is 19.8 Å². The van der Waals surface area contributed by atoms with Gasteiger partial charge in [0.1, 0.15) is 0 Å². The van der Waals surface area contributed by atoms with Gasteiger partial charge < -0.3 is 4.74 Å². The second kappa shape index (κ2) is 9.06. The Morgan fingerprint density at radius 2 is 1.71 bits per heavy atom. The van der Waals surface area contributed by atoms with Gasteiger partial charge in [-0.1, -0.05) is 58.8 Å². The van der Waals surface area contributed by atoms with Crippen molar-refractivity contribution < 1.29 is 9.13 Å². The molecule has 0 aliphatic rings. The fourth-order valence-corrected chi connectivity index (χ4v) is 2.89. The number of nitrogens with zero attached hydrogens (tertiary/aromatic N) is 2. The molecular formula is C17H31FN2O. The summed E-state index contributed by atoms with van der Waals surface area (Å²) >= 11 is 0. The third-order valence-corrected chi connectivity index (χ3v) is 4.28. The molecule has 3 nitrogen and oxygen atoms in total. The number of rotatable bonds is 11. The van der Waals surface area contributed by atoms with Crippen molar-refractivity contribution in [1.29, 1.82) is 0 Å². The molecule has 0 amide bonds. The van der Waals surface area contributed by atoms with E-state index in [4.69, 9.17) is 4.74 Å². The lowest BCUT2D eigenvalue weighted by Crippen LogP contribution is -2.31. The van der Waals surface area contributed by atoms with Crippen LogP contribution in [-0.4, -0.2) is 16.9 Å². The Hall–Kier alpha value is -1.06. The fraction of sp³-hybridized carbons (Fsp3) is 0.824. The Morgan fingerprint density at radius 1 is 1.10 bits per heavy atom. The Labute approximate surface area is 128 Å². The lowest BCUT2D eigenvalue weighted by molar-refractivity contribution is 0.197. The van der Waals surface area contributed by atoms with Gasteiger partial charge in [0.25, 0.3) is 0 Å². The van der Waals surface area contributed by atoms with Gasteiger partial charge in [0.15, 0.2) is 0 Å². The van der Waals surface area contributed by atoms with Gasteiger partial charge in [0, 0.05) is 0 Å². The number of halogens is 1. The molecule has 0 spiro atoms. The summed E-state index contributed by atoms with van der Waals surface area (Å²) in [5.41, 5.74) is -0.155. The highest BCUT2D eigenvalue weighted by molar-refractivity contribution is 5.14. The summed E-state index contributed by atoms with van der Waals surface area (Å²) in [6.45, 7) is 6.59. The molecule has 1 aromatic heterocycles. The van der Waals surface area contributed by atoms with Crippen molar-refractivity contribution in [3.8, 4) is 5.88 Å². The predicted octanol–water partition coefficient (Wildman–Crippen LogP) is 5.30. The van der Waals surface area contributed by atoms with Crippen LogP contribution in [0.25, 0.3) is 0 Å². The van der Waals surface area contributed by atoms with Crippen molar-refractivity contribution in [3.05, 3.63) is 12.0 Å². The zero-order chi connectivity index (χ0) is 15.7. The normalized spacial score (nSPS) is 14.1. The number of unbranched alkanes of at least 4 members (excludes halogenated alkanes) is 5. The van der Waals surface area contributed by atoms with Gasteiger partial charge in [0.05, 0.1) is 18.8 Å². The summed E-state index contributed by atoms with van der Waals surface area (Å²) in [4.78, 5) is 0. The predicted molar refractivity (Wildman–Crippen MR) is 85.3 cm³/mol. The van der Waals surface area contributed by atoms with Crippen LogP contribution in [0.5, 0.6) is 5.88 Å². The van der Waals surface area contributed by atoms with Crippen molar-refractivity contribution in [2.45, 2.75) is 84.1 Å². The van der Waals surface area contributed by atoms with Crippen molar-refractivity contribution in [2.24, 2.45) is 0 Å². The quantitative estimate of drug-likeness (QED) is 0.518. The Morgan fingerprint density at radius 3 is 2.33 bits per heavy atom. The summed E-state index contributed by atoms with van der Waals surface area (Å²) in [6.07, 6.45) is 11.8. The molecule has 0 aliphatic heterocycles. The van der Waals surface area contributed by atoms with Crippen molar-refractivity contribution in [3.63, 3.8) is 0 Å². The lowest BCUT2D eigenvalue weighted by atomic mass is 9.88. The zero-order valence-electron chi connectivity index (χ0n) is 14.1. The van der Waals surface area contributed by atoms with Crippen LogP contribution in [0.3, 0.4) is 0 Å². The molecule has 0 fully saturated rings. The van der Waals surface area contributed by atoms with Crippen LogP contribution < -0.4 is 4.74 Å². The van der Waals surface area contributed by atoms with Crippen molar-refractivity contribution in [2.75, 3.05) is 7.11 Å². The zero-order valence-corrected chi connectivity index (χ0v) is 14.1. The van der Waals surface area contributed by atoms with E-state index in [0.29, 0.717) is 0 Å². The van der Waals surface area contributed by atoms with Gasteiger partial charge in [-0.15, -0.1) is 0 Å². The second-order valence-electron chi connectivity index (χ2n) is 6.18. The Kier molecular flexibility index (Phi) is 7.76. The molecule has 4 heteroatoms. The molecule has 1 atom stereocenters. The van der Waals surface area contributed by atoms with E-state index < -0.39 is 0 Å². The second-order valence-corrected chi connectivity index (χ2v) is 6.18. The van der Waals surface area contributed by atoms with E-state index in [0.717, 1.165) is 32.1 Å². The maximum atomic E-state index is 13.7. The van der Waals surface area contributed by atoms with E-state index in [2.05, 4.69) is 25.9 Å². The Balaban J connectivity index is 2.76. The first-order valence-corrected chi connectivity index (χ1v) is 8.37. The lowest BCUT2D eigenvalue weighted by Gasteiger charge is -2.31. The summed E-state index contributed by atoms with van der Waals surface area (Å²) in [6, 6.07) is 0. The monoisotopic (exact) mass is 298 g/mol. The molecule has 0 aliphatic carbocycles. The third-order valence-electron chi connectivity index (χ3n) is 4.28. The van der Waals surface area contributed by atoms with Crippen LogP contribution >= 0.6 is 0 Å². The molecule has 0 saturated carbocycles. The minimum atomic E-state index is -0.369. The van der Waals surface area contributed by atoms with Gasteiger partial charge in [-0.3, -0.25) is 0 Å². The van der Waals surface area contributed by atoms with Gasteiger partial charge in [-0.25, -0.2) is 4.68 Å². The highest BCUT2D eigenvalue weighted by Gasteiger charge is 2.30. The molecule has 1 aromatic rings. The fourth-order valence-electron chi connectivity index (χ4n) is 2.89. The van der Waals surface area contributed by atoms with E-state index in [9.17, 15) is 4.39 Å². The standard InChI is InChI=1S/C17H31FN2O/c1-5-7-9-10-11-13-17(3,12-8-6-2)20-16(21-4)15(18)14-19-20/h14H,5-13H2,1-4H3. The molecule has 0 saturated heterocycles. The van der Waals surface area contributed by atoms with Crippen molar-refractivity contribution >= 4 is 0 Å². The van der Waals surface area contributed by atoms with Crippen LogP contribution in [0.4, 0.5) is 4.39 Å². The first-order chi connectivity index (χ1) is 10.1. The highest BCUT2D eigenvalue weighted by atomic mass is 19.1. The molecule has 1 rings (SSSR count). The van der Waals surface area contributed by atoms with Crippen LogP contribution in [-0.2, 0) is 5.54 Å².